The normalized spacial score (nSPS) is 17.2. The number of halogens is 2. The van der Waals surface area contributed by atoms with Gasteiger partial charge in [-0.05, 0) is 48.9 Å². The van der Waals surface area contributed by atoms with Gasteiger partial charge in [0.15, 0.2) is 0 Å². The number of hydrogen-bond donors (Lipinski definition) is 1. The molecule has 0 spiro atoms. The lowest BCUT2D eigenvalue weighted by molar-refractivity contribution is 0.234. The standard InChI is InChI=1S/C14H19F2NO2S/c1-2-7-14(8-9-14)10-17-11-3-5-12(6-4-11)20(18,19)13(15)16/h3-6,13,17H,2,7-10H2,1H3. The van der Waals surface area contributed by atoms with Crippen LogP contribution in [-0.2, 0) is 9.84 Å². The molecule has 0 amide bonds. The molecule has 2 rings (SSSR count). The van der Waals surface area contributed by atoms with Crippen LogP contribution in [0.25, 0.3) is 0 Å². The fourth-order valence-corrected chi connectivity index (χ4v) is 3.10. The van der Waals surface area contributed by atoms with E-state index >= 15 is 0 Å². The number of benzene rings is 1. The van der Waals surface area contributed by atoms with Crippen LogP contribution in [-0.4, -0.2) is 20.7 Å². The highest BCUT2D eigenvalue weighted by Crippen LogP contribution is 2.49. The first-order chi connectivity index (χ1) is 9.39. The Hall–Kier alpha value is -1.17. The van der Waals surface area contributed by atoms with E-state index in [9.17, 15) is 17.2 Å². The molecule has 1 N–H and O–H groups in total. The van der Waals surface area contributed by atoms with E-state index < -0.39 is 15.6 Å². The van der Waals surface area contributed by atoms with Crippen molar-refractivity contribution in [2.24, 2.45) is 5.41 Å². The molecule has 1 aromatic rings. The van der Waals surface area contributed by atoms with Crippen LogP contribution in [0.2, 0.25) is 0 Å². The van der Waals surface area contributed by atoms with Gasteiger partial charge in [-0.2, -0.15) is 8.78 Å². The first-order valence-corrected chi connectivity index (χ1v) is 8.30. The van der Waals surface area contributed by atoms with Gasteiger partial charge in [0.25, 0.3) is 0 Å². The van der Waals surface area contributed by atoms with E-state index in [0.29, 0.717) is 5.41 Å². The summed E-state index contributed by atoms with van der Waals surface area (Å²) in [6, 6.07) is 5.53. The van der Waals surface area contributed by atoms with E-state index in [-0.39, 0.29) is 4.90 Å². The second-order valence-corrected chi connectivity index (χ2v) is 7.35. The Bertz CT molecular complexity index is 551. The molecule has 20 heavy (non-hydrogen) atoms. The van der Waals surface area contributed by atoms with Crippen molar-refractivity contribution >= 4 is 15.5 Å². The molecule has 112 valence electrons. The summed E-state index contributed by atoms with van der Waals surface area (Å²) in [5.41, 5.74) is 1.14. The van der Waals surface area contributed by atoms with Crippen LogP contribution < -0.4 is 5.32 Å². The average Bonchev–Trinajstić information content (AvgIpc) is 3.17. The minimum absolute atomic E-state index is 0.340. The molecule has 0 aromatic heterocycles. The lowest BCUT2D eigenvalue weighted by atomic mass is 10.0. The zero-order chi connectivity index (χ0) is 14.8. The number of hydrogen-bond acceptors (Lipinski definition) is 3. The Labute approximate surface area is 118 Å². The van der Waals surface area contributed by atoms with Crippen molar-refractivity contribution in [3.8, 4) is 0 Å². The molecule has 1 aliphatic rings. The minimum atomic E-state index is -4.49. The number of nitrogens with one attached hydrogen (secondary N) is 1. The minimum Gasteiger partial charge on any atom is -0.384 e. The van der Waals surface area contributed by atoms with Gasteiger partial charge in [-0.3, -0.25) is 0 Å². The summed E-state index contributed by atoms with van der Waals surface area (Å²) in [5.74, 6) is -3.37. The Morgan fingerprint density at radius 3 is 2.30 bits per heavy atom. The lowest BCUT2D eigenvalue weighted by Gasteiger charge is -2.16. The highest BCUT2D eigenvalue weighted by Gasteiger charge is 2.41. The van der Waals surface area contributed by atoms with Crippen LogP contribution >= 0.6 is 0 Å². The van der Waals surface area contributed by atoms with Crippen LogP contribution in [0.5, 0.6) is 0 Å². The smallest absolute Gasteiger partial charge is 0.341 e. The summed E-state index contributed by atoms with van der Waals surface area (Å²) in [6.07, 6.45) is 4.75. The van der Waals surface area contributed by atoms with Crippen molar-refractivity contribution in [2.75, 3.05) is 11.9 Å². The SMILES string of the molecule is CCCC1(CNc2ccc(S(=O)(=O)C(F)F)cc2)CC1. The number of rotatable bonds is 7. The molecular formula is C14H19F2NO2S. The van der Waals surface area contributed by atoms with Crippen LogP contribution in [0.3, 0.4) is 0 Å². The van der Waals surface area contributed by atoms with E-state index in [4.69, 9.17) is 0 Å². The molecule has 6 heteroatoms. The molecule has 0 atom stereocenters. The molecule has 0 heterocycles. The van der Waals surface area contributed by atoms with Crippen molar-refractivity contribution in [1.82, 2.24) is 0 Å². The number of anilines is 1. The van der Waals surface area contributed by atoms with Gasteiger partial charge >= 0.3 is 5.76 Å². The van der Waals surface area contributed by atoms with E-state index in [1.807, 2.05) is 0 Å². The summed E-state index contributed by atoms with van der Waals surface area (Å²) in [7, 11) is -4.49. The van der Waals surface area contributed by atoms with Gasteiger partial charge in [0.1, 0.15) is 0 Å². The number of sulfone groups is 1. The van der Waals surface area contributed by atoms with Gasteiger partial charge in [0.05, 0.1) is 4.90 Å². The predicted octanol–water partition coefficient (Wildman–Crippen LogP) is 3.68. The van der Waals surface area contributed by atoms with Gasteiger partial charge in [-0.15, -0.1) is 0 Å². The zero-order valence-corrected chi connectivity index (χ0v) is 12.2. The van der Waals surface area contributed by atoms with Crippen LogP contribution in [0, 0.1) is 5.41 Å². The highest BCUT2D eigenvalue weighted by atomic mass is 32.2. The van der Waals surface area contributed by atoms with Gasteiger partial charge in [-0.25, -0.2) is 8.42 Å². The third kappa shape index (κ3) is 3.29. The maximum Gasteiger partial charge on any atom is 0.341 e. The van der Waals surface area contributed by atoms with Crippen LogP contribution in [0.1, 0.15) is 32.6 Å². The summed E-state index contributed by atoms with van der Waals surface area (Å²) in [4.78, 5) is -0.340. The van der Waals surface area contributed by atoms with E-state index in [2.05, 4.69) is 12.2 Å². The van der Waals surface area contributed by atoms with Crippen molar-refractivity contribution in [1.29, 1.82) is 0 Å². The topological polar surface area (TPSA) is 46.2 Å². The average molecular weight is 303 g/mol. The summed E-state index contributed by atoms with van der Waals surface area (Å²) >= 11 is 0. The van der Waals surface area contributed by atoms with Gasteiger partial charge in [-0.1, -0.05) is 13.3 Å². The monoisotopic (exact) mass is 303 g/mol. The highest BCUT2D eigenvalue weighted by molar-refractivity contribution is 7.91. The van der Waals surface area contributed by atoms with Gasteiger partial charge in [0, 0.05) is 12.2 Å². The summed E-state index contributed by atoms with van der Waals surface area (Å²) in [5, 5.41) is 3.26. The van der Waals surface area contributed by atoms with E-state index in [1.165, 1.54) is 43.5 Å². The zero-order valence-electron chi connectivity index (χ0n) is 11.4. The second kappa shape index (κ2) is 5.68. The Balaban J connectivity index is 1.99. The van der Waals surface area contributed by atoms with Gasteiger partial charge in [0.2, 0.25) is 9.84 Å². The summed E-state index contributed by atoms with van der Waals surface area (Å²) < 4.78 is 47.4. The molecule has 1 saturated carbocycles. The van der Waals surface area contributed by atoms with Crippen molar-refractivity contribution in [2.45, 2.75) is 43.3 Å². The molecule has 1 aromatic carbocycles. The fraction of sp³-hybridized carbons (Fsp3) is 0.571. The van der Waals surface area contributed by atoms with Crippen LogP contribution in [0.4, 0.5) is 14.5 Å². The van der Waals surface area contributed by atoms with Gasteiger partial charge < -0.3 is 5.32 Å². The molecule has 0 radical (unpaired) electrons. The maximum atomic E-state index is 12.4. The van der Waals surface area contributed by atoms with Crippen molar-refractivity contribution < 1.29 is 17.2 Å². The molecule has 3 nitrogen and oxygen atoms in total. The quantitative estimate of drug-likeness (QED) is 0.836. The molecule has 0 aliphatic heterocycles. The molecule has 0 bridgehead atoms. The van der Waals surface area contributed by atoms with E-state index in [1.54, 1.807) is 0 Å². The van der Waals surface area contributed by atoms with Crippen LogP contribution in [0.15, 0.2) is 29.2 Å². The van der Waals surface area contributed by atoms with Crippen molar-refractivity contribution in [3.63, 3.8) is 0 Å². The number of alkyl halides is 2. The fourth-order valence-electron chi connectivity index (χ4n) is 2.38. The first-order valence-electron chi connectivity index (χ1n) is 6.76. The van der Waals surface area contributed by atoms with E-state index in [0.717, 1.165) is 18.7 Å². The molecule has 0 unspecified atom stereocenters. The third-order valence-corrected chi connectivity index (χ3v) is 5.22. The third-order valence-electron chi connectivity index (χ3n) is 3.82. The second-order valence-electron chi connectivity index (χ2n) is 5.43. The predicted molar refractivity (Wildman–Crippen MR) is 74.7 cm³/mol. The Morgan fingerprint density at radius 2 is 1.85 bits per heavy atom. The first kappa shape index (κ1) is 15.2. The maximum absolute atomic E-state index is 12.4. The molecule has 1 aliphatic carbocycles. The lowest BCUT2D eigenvalue weighted by Crippen LogP contribution is -2.15. The summed E-state index contributed by atoms with van der Waals surface area (Å²) in [6.45, 7) is 3.01. The Kier molecular flexibility index (Phi) is 4.32. The largest absolute Gasteiger partial charge is 0.384 e. The molecule has 1 fully saturated rings. The molecular weight excluding hydrogens is 284 g/mol. The molecule has 0 saturated heterocycles. The van der Waals surface area contributed by atoms with Crippen molar-refractivity contribution in [3.05, 3.63) is 24.3 Å². The Morgan fingerprint density at radius 1 is 1.25 bits per heavy atom.